The Bertz CT molecular complexity index is 437. The van der Waals surface area contributed by atoms with E-state index in [4.69, 9.17) is 0 Å². The second kappa shape index (κ2) is 3.47. The summed E-state index contributed by atoms with van der Waals surface area (Å²) in [5.74, 6) is 1.86. The summed E-state index contributed by atoms with van der Waals surface area (Å²) in [7, 11) is 0. The van der Waals surface area contributed by atoms with Crippen LogP contribution in [0.25, 0.3) is 11.4 Å². The average molecular weight is 200 g/mol. The minimum atomic E-state index is 0.819. The first-order valence-electron chi connectivity index (χ1n) is 5.13. The summed E-state index contributed by atoms with van der Waals surface area (Å²) in [6, 6.07) is 10.1. The molecule has 1 aliphatic rings. The van der Waals surface area contributed by atoms with Gasteiger partial charge in [0, 0.05) is 12.1 Å². The predicted octanol–water partition coefficient (Wildman–Crippen LogP) is 1.05. The van der Waals surface area contributed by atoms with Gasteiger partial charge in [-0.2, -0.15) is 5.10 Å². The predicted molar refractivity (Wildman–Crippen MR) is 57.2 cm³/mol. The van der Waals surface area contributed by atoms with Crippen molar-refractivity contribution in [2.24, 2.45) is 0 Å². The summed E-state index contributed by atoms with van der Waals surface area (Å²) in [6.45, 7) is 2.71. The monoisotopic (exact) mass is 200 g/mol. The molecule has 4 nitrogen and oxygen atoms in total. The topological polar surface area (TPSA) is 42.7 Å². The first-order valence-corrected chi connectivity index (χ1v) is 5.13. The van der Waals surface area contributed by atoms with Gasteiger partial charge in [-0.1, -0.05) is 30.3 Å². The van der Waals surface area contributed by atoms with Gasteiger partial charge in [0.1, 0.15) is 5.82 Å². The van der Waals surface area contributed by atoms with E-state index >= 15 is 0 Å². The zero-order valence-corrected chi connectivity index (χ0v) is 8.35. The molecule has 0 bridgehead atoms. The highest BCUT2D eigenvalue weighted by atomic mass is 15.4. The summed E-state index contributed by atoms with van der Waals surface area (Å²) in [5.41, 5.74) is 1.08. The van der Waals surface area contributed by atoms with Crippen molar-refractivity contribution < 1.29 is 0 Å². The maximum absolute atomic E-state index is 4.51. The molecular weight excluding hydrogens is 188 g/mol. The number of aromatic nitrogens is 3. The van der Waals surface area contributed by atoms with Gasteiger partial charge in [0.25, 0.3) is 0 Å². The van der Waals surface area contributed by atoms with Crippen LogP contribution in [0.3, 0.4) is 0 Å². The van der Waals surface area contributed by atoms with Crippen LogP contribution in [-0.4, -0.2) is 21.3 Å². The minimum Gasteiger partial charge on any atom is -0.308 e. The fraction of sp³-hybridized carbons (Fsp3) is 0.273. The molecule has 1 aromatic carbocycles. The van der Waals surface area contributed by atoms with Crippen molar-refractivity contribution in [1.82, 2.24) is 20.1 Å². The zero-order chi connectivity index (χ0) is 10.1. The Morgan fingerprint density at radius 1 is 1.20 bits per heavy atom. The molecular formula is C11H12N4. The highest BCUT2D eigenvalue weighted by Gasteiger charge is 2.13. The molecule has 0 radical (unpaired) electrons. The van der Waals surface area contributed by atoms with E-state index in [2.05, 4.69) is 15.4 Å². The lowest BCUT2D eigenvalue weighted by atomic mass is 10.2. The second-order valence-corrected chi connectivity index (χ2v) is 3.62. The van der Waals surface area contributed by atoms with Crippen LogP contribution < -0.4 is 5.32 Å². The molecule has 4 heteroatoms. The van der Waals surface area contributed by atoms with Crippen molar-refractivity contribution in [3.63, 3.8) is 0 Å². The number of rotatable bonds is 1. The third-order valence-electron chi connectivity index (χ3n) is 2.56. The van der Waals surface area contributed by atoms with Crippen molar-refractivity contribution >= 4 is 0 Å². The number of hydrogen-bond acceptors (Lipinski definition) is 3. The third-order valence-corrected chi connectivity index (χ3v) is 2.56. The Morgan fingerprint density at radius 3 is 2.87 bits per heavy atom. The summed E-state index contributed by atoms with van der Waals surface area (Å²) < 4.78 is 1.98. The average Bonchev–Trinajstić information content (AvgIpc) is 2.74. The van der Waals surface area contributed by atoms with Crippen LogP contribution in [0.4, 0.5) is 0 Å². The van der Waals surface area contributed by atoms with Gasteiger partial charge in [-0.15, -0.1) is 0 Å². The molecule has 0 spiro atoms. The number of fused-ring (bicyclic) bond motifs is 1. The van der Waals surface area contributed by atoms with Crippen LogP contribution in [0.2, 0.25) is 0 Å². The van der Waals surface area contributed by atoms with Crippen LogP contribution in [-0.2, 0) is 13.1 Å². The van der Waals surface area contributed by atoms with Crippen LogP contribution in [0.5, 0.6) is 0 Å². The van der Waals surface area contributed by atoms with E-state index in [0.29, 0.717) is 0 Å². The maximum atomic E-state index is 4.51. The molecule has 1 aliphatic heterocycles. The molecule has 2 aromatic rings. The molecule has 2 heterocycles. The minimum absolute atomic E-state index is 0.819. The summed E-state index contributed by atoms with van der Waals surface area (Å²) in [4.78, 5) is 4.51. The fourth-order valence-corrected chi connectivity index (χ4v) is 1.78. The van der Waals surface area contributed by atoms with Gasteiger partial charge in [-0.25, -0.2) is 9.67 Å². The van der Waals surface area contributed by atoms with E-state index in [1.807, 2.05) is 35.0 Å². The molecule has 0 aliphatic carbocycles. The van der Waals surface area contributed by atoms with Crippen molar-refractivity contribution in [2.75, 3.05) is 6.54 Å². The number of nitrogens with one attached hydrogen (secondary N) is 1. The highest BCUT2D eigenvalue weighted by Crippen LogP contribution is 2.15. The van der Waals surface area contributed by atoms with Gasteiger partial charge >= 0.3 is 0 Å². The lowest BCUT2D eigenvalue weighted by molar-refractivity contribution is 0.469. The molecule has 0 atom stereocenters. The van der Waals surface area contributed by atoms with Crippen molar-refractivity contribution in [2.45, 2.75) is 13.1 Å². The number of hydrogen-bond donors (Lipinski definition) is 1. The Labute approximate surface area is 88.0 Å². The first-order chi connectivity index (χ1) is 7.43. The lowest BCUT2D eigenvalue weighted by Gasteiger charge is -2.11. The molecule has 76 valence electrons. The van der Waals surface area contributed by atoms with Crippen molar-refractivity contribution in [3.05, 3.63) is 36.2 Å². The maximum Gasteiger partial charge on any atom is 0.181 e. The highest BCUT2D eigenvalue weighted by molar-refractivity contribution is 5.53. The van der Waals surface area contributed by atoms with Gasteiger partial charge in [-0.3, -0.25) is 0 Å². The Balaban J connectivity index is 2.03. The normalized spacial score (nSPS) is 14.9. The van der Waals surface area contributed by atoms with E-state index < -0.39 is 0 Å². The number of nitrogens with zero attached hydrogens (tertiary/aromatic N) is 3. The van der Waals surface area contributed by atoms with Gasteiger partial charge in [0.2, 0.25) is 0 Å². The van der Waals surface area contributed by atoms with Crippen LogP contribution >= 0.6 is 0 Å². The summed E-state index contributed by atoms with van der Waals surface area (Å²) in [5, 5.41) is 7.77. The largest absolute Gasteiger partial charge is 0.308 e. The molecule has 1 N–H and O–H groups in total. The summed E-state index contributed by atoms with van der Waals surface area (Å²) in [6.07, 6.45) is 0. The molecule has 0 saturated carbocycles. The Morgan fingerprint density at radius 2 is 2.07 bits per heavy atom. The van der Waals surface area contributed by atoms with E-state index in [-0.39, 0.29) is 0 Å². The van der Waals surface area contributed by atoms with Gasteiger partial charge in [-0.05, 0) is 0 Å². The molecule has 3 rings (SSSR count). The molecule has 0 fully saturated rings. The summed E-state index contributed by atoms with van der Waals surface area (Å²) >= 11 is 0. The molecule has 0 amide bonds. The smallest absolute Gasteiger partial charge is 0.181 e. The fourth-order valence-electron chi connectivity index (χ4n) is 1.78. The number of benzene rings is 1. The van der Waals surface area contributed by atoms with E-state index in [0.717, 1.165) is 36.8 Å². The third kappa shape index (κ3) is 1.53. The van der Waals surface area contributed by atoms with E-state index in [1.54, 1.807) is 0 Å². The van der Waals surface area contributed by atoms with Gasteiger partial charge in [0.15, 0.2) is 5.82 Å². The molecule has 0 saturated heterocycles. The van der Waals surface area contributed by atoms with E-state index in [1.165, 1.54) is 0 Å². The zero-order valence-electron chi connectivity index (χ0n) is 8.35. The first kappa shape index (κ1) is 8.61. The molecule has 1 aromatic heterocycles. The molecule has 0 unspecified atom stereocenters. The Hall–Kier alpha value is -1.68. The SMILES string of the molecule is c1ccc(-c2nc3n(n2)CCNC3)cc1. The lowest BCUT2D eigenvalue weighted by Crippen LogP contribution is -2.28. The second-order valence-electron chi connectivity index (χ2n) is 3.62. The Kier molecular flexibility index (Phi) is 1.99. The van der Waals surface area contributed by atoms with Crippen LogP contribution in [0.1, 0.15) is 5.82 Å². The quantitative estimate of drug-likeness (QED) is 0.748. The van der Waals surface area contributed by atoms with Crippen molar-refractivity contribution in [3.8, 4) is 11.4 Å². The van der Waals surface area contributed by atoms with Crippen LogP contribution in [0.15, 0.2) is 30.3 Å². The standard InChI is InChI=1S/C11H12N4/c1-2-4-9(5-3-1)11-13-10-8-12-6-7-15(10)14-11/h1-5,12H,6-8H2. The van der Waals surface area contributed by atoms with Gasteiger partial charge < -0.3 is 5.32 Å². The van der Waals surface area contributed by atoms with Crippen molar-refractivity contribution in [1.29, 1.82) is 0 Å². The van der Waals surface area contributed by atoms with Gasteiger partial charge in [0.05, 0.1) is 13.1 Å². The van der Waals surface area contributed by atoms with Crippen LogP contribution in [0, 0.1) is 0 Å². The molecule has 15 heavy (non-hydrogen) atoms. The van der Waals surface area contributed by atoms with E-state index in [9.17, 15) is 0 Å².